The molecule has 3 aromatic rings. The molecule has 2 aromatic carbocycles. The van der Waals surface area contributed by atoms with Crippen LogP contribution in [0.2, 0.25) is 0 Å². The first-order chi connectivity index (χ1) is 11.7. The Hall–Kier alpha value is -2.24. The van der Waals surface area contributed by atoms with Crippen LogP contribution in [0.5, 0.6) is 0 Å². The maximum absolute atomic E-state index is 10.6. The van der Waals surface area contributed by atoms with Crippen molar-refractivity contribution in [3.05, 3.63) is 59.7 Å². The van der Waals surface area contributed by atoms with E-state index in [-0.39, 0.29) is 6.17 Å². The van der Waals surface area contributed by atoms with Gasteiger partial charge in [0.05, 0.1) is 5.52 Å². The quantitative estimate of drug-likeness (QED) is 0.778. The van der Waals surface area contributed by atoms with Gasteiger partial charge in [-0.2, -0.15) is 0 Å². The third-order valence-electron chi connectivity index (χ3n) is 4.86. The summed E-state index contributed by atoms with van der Waals surface area (Å²) in [6, 6.07) is 15.6. The summed E-state index contributed by atoms with van der Waals surface area (Å²) in [6.07, 6.45) is 1.82. The van der Waals surface area contributed by atoms with Gasteiger partial charge >= 0.3 is 0 Å². The lowest BCUT2D eigenvalue weighted by Crippen LogP contribution is -2.35. The normalized spacial score (nSPS) is 22.6. The molecule has 0 amide bonds. The molecular weight excluding hydrogens is 300 g/mol. The molecule has 24 heavy (non-hydrogen) atoms. The molecule has 2 N–H and O–H groups in total. The summed E-state index contributed by atoms with van der Waals surface area (Å²) in [4.78, 5) is 0. The fourth-order valence-corrected chi connectivity index (χ4v) is 3.45. The number of nitrogens with zero attached hydrogens (tertiary/aromatic N) is 3. The summed E-state index contributed by atoms with van der Waals surface area (Å²) in [5.74, 6) is 0.690. The van der Waals surface area contributed by atoms with Gasteiger partial charge in [-0.3, -0.25) is 5.32 Å². The molecule has 1 saturated heterocycles. The molecule has 0 radical (unpaired) electrons. The van der Waals surface area contributed by atoms with Gasteiger partial charge in [0.15, 0.2) is 0 Å². The van der Waals surface area contributed by atoms with Gasteiger partial charge in [0.1, 0.15) is 17.8 Å². The number of nitrogens with one attached hydrogen (secondary N) is 1. The van der Waals surface area contributed by atoms with Gasteiger partial charge in [-0.05, 0) is 48.6 Å². The molecule has 4 rings (SSSR count). The maximum atomic E-state index is 10.6. The van der Waals surface area contributed by atoms with E-state index in [0.717, 1.165) is 35.1 Å². The van der Waals surface area contributed by atoms with Crippen LogP contribution in [0.4, 0.5) is 0 Å². The van der Waals surface area contributed by atoms with Crippen molar-refractivity contribution in [2.24, 2.45) is 5.92 Å². The van der Waals surface area contributed by atoms with Crippen LogP contribution in [0.1, 0.15) is 43.2 Å². The van der Waals surface area contributed by atoms with Gasteiger partial charge in [-0.1, -0.05) is 48.5 Å². The molecule has 1 aromatic heterocycles. The summed E-state index contributed by atoms with van der Waals surface area (Å²) in [5, 5.41) is 22.8. The van der Waals surface area contributed by atoms with E-state index in [0.29, 0.717) is 5.92 Å². The minimum absolute atomic E-state index is 0.198. The second-order valence-corrected chi connectivity index (χ2v) is 6.69. The Morgan fingerprint density at radius 2 is 2.00 bits per heavy atom. The van der Waals surface area contributed by atoms with Crippen molar-refractivity contribution in [1.29, 1.82) is 0 Å². The second kappa shape index (κ2) is 6.34. The van der Waals surface area contributed by atoms with Crippen molar-refractivity contribution in [2.75, 3.05) is 6.54 Å². The maximum Gasteiger partial charge on any atom is 0.113 e. The second-order valence-electron chi connectivity index (χ2n) is 6.69. The van der Waals surface area contributed by atoms with Gasteiger partial charge in [0, 0.05) is 0 Å². The topological polar surface area (TPSA) is 63.0 Å². The number of aliphatic hydroxyl groups excluding tert-OH is 1. The van der Waals surface area contributed by atoms with Crippen LogP contribution in [-0.4, -0.2) is 26.6 Å². The Bertz CT molecular complexity index is 830. The van der Waals surface area contributed by atoms with Crippen LogP contribution in [0.25, 0.3) is 11.0 Å². The van der Waals surface area contributed by atoms with Gasteiger partial charge in [0.25, 0.3) is 0 Å². The highest BCUT2D eigenvalue weighted by Gasteiger charge is 2.22. The van der Waals surface area contributed by atoms with E-state index in [2.05, 4.69) is 22.6 Å². The zero-order valence-electron chi connectivity index (χ0n) is 13.8. The van der Waals surface area contributed by atoms with Gasteiger partial charge in [-0.25, -0.2) is 4.68 Å². The largest absolute Gasteiger partial charge is 0.384 e. The first kappa shape index (κ1) is 15.3. The molecule has 5 nitrogen and oxygen atoms in total. The van der Waals surface area contributed by atoms with E-state index >= 15 is 0 Å². The molecule has 0 spiro atoms. The van der Waals surface area contributed by atoms with Crippen LogP contribution in [0, 0.1) is 5.92 Å². The smallest absolute Gasteiger partial charge is 0.113 e. The molecule has 0 bridgehead atoms. The molecule has 0 saturated carbocycles. The molecule has 0 aliphatic carbocycles. The van der Waals surface area contributed by atoms with Crippen molar-refractivity contribution in [3.8, 4) is 0 Å². The van der Waals surface area contributed by atoms with Crippen LogP contribution < -0.4 is 5.32 Å². The Morgan fingerprint density at radius 3 is 2.79 bits per heavy atom. The minimum atomic E-state index is -0.645. The number of benzene rings is 2. The zero-order valence-corrected chi connectivity index (χ0v) is 13.8. The van der Waals surface area contributed by atoms with Crippen molar-refractivity contribution in [1.82, 2.24) is 20.3 Å². The summed E-state index contributed by atoms with van der Waals surface area (Å²) in [7, 11) is 0. The lowest BCUT2D eigenvalue weighted by Gasteiger charge is -2.28. The van der Waals surface area contributed by atoms with Crippen molar-refractivity contribution in [3.63, 3.8) is 0 Å². The van der Waals surface area contributed by atoms with E-state index in [1.54, 1.807) is 0 Å². The molecule has 1 aliphatic heterocycles. The summed E-state index contributed by atoms with van der Waals surface area (Å²) in [5.41, 5.74) is 3.55. The number of piperidine rings is 1. The van der Waals surface area contributed by atoms with Gasteiger partial charge < -0.3 is 5.11 Å². The number of hydrogen-bond donors (Lipinski definition) is 2. The SMILES string of the molecule is CC1CCNC(n2nnc3cc(C(O)c4ccccc4)ccc32)C1. The van der Waals surface area contributed by atoms with E-state index in [1.807, 2.05) is 53.2 Å². The molecule has 2 heterocycles. The Labute approximate surface area is 141 Å². The predicted octanol–water partition coefficient (Wildman–Crippen LogP) is 3.03. The standard InChI is InChI=1S/C19H22N4O/c1-13-9-10-20-18(11-13)23-17-8-7-15(12-16(17)21-22-23)19(24)14-5-3-2-4-6-14/h2-8,12-13,18-20,24H,9-11H2,1H3. The van der Waals surface area contributed by atoms with Crippen LogP contribution in [-0.2, 0) is 0 Å². The van der Waals surface area contributed by atoms with Crippen molar-refractivity contribution in [2.45, 2.75) is 32.0 Å². The van der Waals surface area contributed by atoms with Crippen LogP contribution >= 0.6 is 0 Å². The first-order valence-electron chi connectivity index (χ1n) is 8.53. The third-order valence-corrected chi connectivity index (χ3v) is 4.86. The van der Waals surface area contributed by atoms with Crippen LogP contribution in [0.15, 0.2) is 48.5 Å². The molecular formula is C19H22N4O. The minimum Gasteiger partial charge on any atom is -0.384 e. The number of aliphatic hydroxyl groups is 1. The highest BCUT2D eigenvalue weighted by atomic mass is 16.3. The molecule has 1 fully saturated rings. The van der Waals surface area contributed by atoms with Gasteiger partial charge in [-0.15, -0.1) is 5.10 Å². The molecule has 3 atom stereocenters. The number of aromatic nitrogens is 3. The molecule has 1 aliphatic rings. The summed E-state index contributed by atoms with van der Waals surface area (Å²) < 4.78 is 1.98. The summed E-state index contributed by atoms with van der Waals surface area (Å²) in [6.45, 7) is 3.29. The lowest BCUT2D eigenvalue weighted by molar-refractivity contribution is 0.220. The first-order valence-corrected chi connectivity index (χ1v) is 8.53. The van der Waals surface area contributed by atoms with Gasteiger partial charge in [0.2, 0.25) is 0 Å². The lowest BCUT2D eigenvalue weighted by atomic mass is 9.98. The van der Waals surface area contributed by atoms with E-state index < -0.39 is 6.10 Å². The fourth-order valence-electron chi connectivity index (χ4n) is 3.45. The van der Waals surface area contributed by atoms with Crippen molar-refractivity contribution >= 4 is 11.0 Å². The Kier molecular flexibility index (Phi) is 4.04. The molecule has 3 unspecified atom stereocenters. The fraction of sp³-hybridized carbons (Fsp3) is 0.368. The van der Waals surface area contributed by atoms with E-state index in [4.69, 9.17) is 0 Å². The Balaban J connectivity index is 1.65. The molecule has 5 heteroatoms. The average Bonchev–Trinajstić information content (AvgIpc) is 3.05. The monoisotopic (exact) mass is 322 g/mol. The van der Waals surface area contributed by atoms with Crippen molar-refractivity contribution < 1.29 is 5.11 Å². The highest BCUT2D eigenvalue weighted by molar-refractivity contribution is 5.75. The van der Waals surface area contributed by atoms with Crippen LogP contribution in [0.3, 0.4) is 0 Å². The predicted molar refractivity (Wildman–Crippen MR) is 93.5 cm³/mol. The zero-order chi connectivity index (χ0) is 16.5. The van der Waals surface area contributed by atoms with E-state index in [1.165, 1.54) is 6.42 Å². The third kappa shape index (κ3) is 2.81. The number of hydrogen-bond acceptors (Lipinski definition) is 4. The van der Waals surface area contributed by atoms with E-state index in [9.17, 15) is 5.11 Å². The number of fused-ring (bicyclic) bond motifs is 1. The number of rotatable bonds is 3. The summed E-state index contributed by atoms with van der Waals surface area (Å²) >= 11 is 0. The average molecular weight is 322 g/mol. The highest BCUT2D eigenvalue weighted by Crippen LogP contribution is 2.28. The Morgan fingerprint density at radius 1 is 1.17 bits per heavy atom. The molecule has 124 valence electrons.